The second kappa shape index (κ2) is 6.00. The van der Waals surface area contributed by atoms with E-state index in [4.69, 9.17) is 5.14 Å². The van der Waals surface area contributed by atoms with Gasteiger partial charge >= 0.3 is 0 Å². The van der Waals surface area contributed by atoms with Gasteiger partial charge in [-0.3, -0.25) is 9.89 Å². The quantitative estimate of drug-likeness (QED) is 0.644. The van der Waals surface area contributed by atoms with E-state index in [1.165, 1.54) is 12.1 Å². The molecule has 3 rings (SSSR count). The molecule has 1 aromatic heterocycles. The van der Waals surface area contributed by atoms with Crippen LogP contribution in [0.2, 0.25) is 0 Å². The van der Waals surface area contributed by atoms with Crippen molar-refractivity contribution in [2.45, 2.75) is 31.7 Å². The molecule has 128 valence electrons. The van der Waals surface area contributed by atoms with Gasteiger partial charge < -0.3 is 10.6 Å². The number of carbonyl (C=O) groups is 1. The second-order valence-corrected chi connectivity index (χ2v) is 7.43. The zero-order chi connectivity index (χ0) is 17.5. The highest BCUT2D eigenvalue weighted by molar-refractivity contribution is 7.89. The lowest BCUT2D eigenvalue weighted by Gasteiger charge is -2.14. The Balaban J connectivity index is 1.95. The fourth-order valence-electron chi connectivity index (χ4n) is 2.71. The predicted molar refractivity (Wildman–Crippen MR) is 89.2 cm³/mol. The third kappa shape index (κ3) is 3.05. The Morgan fingerprint density at radius 2 is 2.08 bits per heavy atom. The third-order valence-corrected chi connectivity index (χ3v) is 5.13. The number of hydrogen-bond acceptors (Lipinski definition) is 5. The Labute approximate surface area is 139 Å². The normalized spacial score (nSPS) is 14.3. The fraction of sp³-hybridized carbons (Fsp3) is 0.333. The van der Waals surface area contributed by atoms with Crippen LogP contribution in [0.3, 0.4) is 0 Å². The predicted octanol–water partition coefficient (Wildman–Crippen LogP) is 0.572. The van der Waals surface area contributed by atoms with E-state index in [-0.39, 0.29) is 10.8 Å². The molecule has 0 radical (unpaired) electrons. The summed E-state index contributed by atoms with van der Waals surface area (Å²) in [5, 5.41) is 18.1. The van der Waals surface area contributed by atoms with E-state index in [1.807, 2.05) is 0 Å². The van der Waals surface area contributed by atoms with Gasteiger partial charge in [-0.15, -0.1) is 0 Å². The molecule has 5 N–H and O–H groups in total. The van der Waals surface area contributed by atoms with Gasteiger partial charge in [-0.2, -0.15) is 5.10 Å². The van der Waals surface area contributed by atoms with Crippen LogP contribution in [-0.4, -0.2) is 31.1 Å². The van der Waals surface area contributed by atoms with E-state index in [1.54, 1.807) is 13.8 Å². The lowest BCUT2D eigenvalue weighted by atomic mass is 10.1. The van der Waals surface area contributed by atoms with E-state index in [0.717, 1.165) is 35.3 Å². The van der Waals surface area contributed by atoms with Crippen molar-refractivity contribution >= 4 is 21.6 Å². The monoisotopic (exact) mass is 349 g/mol. The van der Waals surface area contributed by atoms with Crippen molar-refractivity contribution in [2.24, 2.45) is 5.14 Å². The van der Waals surface area contributed by atoms with E-state index in [2.05, 4.69) is 20.8 Å². The number of rotatable bonds is 3. The number of nitrogens with two attached hydrogens (primary N) is 1. The highest BCUT2D eigenvalue weighted by atomic mass is 32.2. The number of primary sulfonamides is 1. The SMILES string of the molecule is Cc1cc(S(N)(=O)=O)cc(NC(=O)c2n[nH]c3c2CNCC3)c1C. The summed E-state index contributed by atoms with van der Waals surface area (Å²) in [5.74, 6) is -0.384. The maximum absolute atomic E-state index is 12.6. The minimum absolute atomic E-state index is 0.0355. The van der Waals surface area contributed by atoms with Gasteiger partial charge in [0.1, 0.15) is 0 Å². The molecule has 0 fully saturated rings. The maximum Gasteiger partial charge on any atom is 0.276 e. The van der Waals surface area contributed by atoms with Crippen molar-refractivity contribution in [3.8, 4) is 0 Å². The number of fused-ring (bicyclic) bond motifs is 1. The lowest BCUT2D eigenvalue weighted by Crippen LogP contribution is -2.25. The molecule has 1 amide bonds. The van der Waals surface area contributed by atoms with Crippen molar-refractivity contribution in [3.05, 3.63) is 40.2 Å². The summed E-state index contributed by atoms with van der Waals surface area (Å²) >= 11 is 0. The number of H-pyrrole nitrogens is 1. The number of amides is 1. The number of carbonyl (C=O) groups excluding carboxylic acids is 1. The Morgan fingerprint density at radius 3 is 2.79 bits per heavy atom. The molecule has 8 nitrogen and oxygen atoms in total. The molecule has 1 aliphatic heterocycles. The first-order chi connectivity index (χ1) is 11.3. The third-order valence-electron chi connectivity index (χ3n) is 4.24. The summed E-state index contributed by atoms with van der Waals surface area (Å²) < 4.78 is 23.2. The van der Waals surface area contributed by atoms with Gasteiger partial charge in [0, 0.05) is 36.5 Å². The van der Waals surface area contributed by atoms with Crippen molar-refractivity contribution in [2.75, 3.05) is 11.9 Å². The molecule has 0 spiro atoms. The first-order valence-corrected chi connectivity index (χ1v) is 9.04. The average molecular weight is 349 g/mol. The molecule has 0 saturated carbocycles. The Hall–Kier alpha value is -2.23. The number of nitrogens with one attached hydrogen (secondary N) is 3. The number of aromatic amines is 1. The van der Waals surface area contributed by atoms with E-state index in [0.29, 0.717) is 17.9 Å². The molecular formula is C15H19N5O3S. The van der Waals surface area contributed by atoms with Gasteiger partial charge in [-0.05, 0) is 37.1 Å². The zero-order valence-corrected chi connectivity index (χ0v) is 14.3. The minimum Gasteiger partial charge on any atom is -0.320 e. The number of hydrogen-bond donors (Lipinski definition) is 4. The maximum atomic E-state index is 12.6. The number of nitrogens with zero attached hydrogens (tertiary/aromatic N) is 1. The summed E-state index contributed by atoms with van der Waals surface area (Å²) in [6.45, 7) is 4.98. The molecule has 0 aliphatic carbocycles. The van der Waals surface area contributed by atoms with Crippen LogP contribution in [0.4, 0.5) is 5.69 Å². The molecule has 1 aliphatic rings. The van der Waals surface area contributed by atoms with Crippen LogP contribution in [0.15, 0.2) is 17.0 Å². The topological polar surface area (TPSA) is 130 Å². The molecule has 9 heteroatoms. The number of sulfonamides is 1. The van der Waals surface area contributed by atoms with Gasteiger partial charge in [0.05, 0.1) is 4.90 Å². The lowest BCUT2D eigenvalue weighted by molar-refractivity contribution is 0.102. The molecule has 2 aromatic rings. The zero-order valence-electron chi connectivity index (χ0n) is 13.4. The first kappa shape index (κ1) is 16.6. The van der Waals surface area contributed by atoms with Gasteiger partial charge in [-0.25, -0.2) is 13.6 Å². The van der Waals surface area contributed by atoms with Gasteiger partial charge in [0.25, 0.3) is 5.91 Å². The highest BCUT2D eigenvalue weighted by Gasteiger charge is 2.22. The summed E-state index contributed by atoms with van der Waals surface area (Å²) in [6.07, 6.45) is 0.786. The molecule has 0 atom stereocenters. The van der Waals surface area contributed by atoms with Gasteiger partial charge in [0.2, 0.25) is 10.0 Å². The summed E-state index contributed by atoms with van der Waals surface area (Å²) in [7, 11) is -3.85. The van der Waals surface area contributed by atoms with Gasteiger partial charge in [-0.1, -0.05) is 0 Å². The van der Waals surface area contributed by atoms with Gasteiger partial charge in [0.15, 0.2) is 5.69 Å². The number of aryl methyl sites for hydroxylation is 1. The molecule has 0 unspecified atom stereocenters. The molecule has 0 saturated heterocycles. The standard InChI is InChI=1S/C15H19N5O3S/c1-8-5-10(24(16,22)23)6-13(9(8)2)18-15(21)14-11-7-17-4-3-12(11)19-20-14/h5-6,17H,3-4,7H2,1-2H3,(H,18,21)(H,19,20)(H2,16,22,23). The van der Waals surface area contributed by atoms with Crippen LogP contribution in [0.1, 0.15) is 32.9 Å². The molecule has 2 heterocycles. The van der Waals surface area contributed by atoms with Crippen LogP contribution in [0, 0.1) is 13.8 Å². The van der Waals surface area contributed by atoms with Crippen LogP contribution in [0.5, 0.6) is 0 Å². The Kier molecular flexibility index (Phi) is 4.16. The number of benzene rings is 1. The van der Waals surface area contributed by atoms with Crippen molar-refractivity contribution in [1.29, 1.82) is 0 Å². The highest BCUT2D eigenvalue weighted by Crippen LogP contribution is 2.25. The minimum atomic E-state index is -3.85. The molecule has 1 aromatic carbocycles. The van der Waals surface area contributed by atoms with Crippen LogP contribution < -0.4 is 15.8 Å². The largest absolute Gasteiger partial charge is 0.320 e. The summed E-state index contributed by atoms with van der Waals surface area (Å²) in [4.78, 5) is 12.5. The van der Waals surface area contributed by atoms with Crippen LogP contribution >= 0.6 is 0 Å². The number of aromatic nitrogens is 2. The molecule has 0 bridgehead atoms. The van der Waals surface area contributed by atoms with E-state index < -0.39 is 10.0 Å². The average Bonchev–Trinajstić information content (AvgIpc) is 2.94. The summed E-state index contributed by atoms with van der Waals surface area (Å²) in [5.41, 5.74) is 4.02. The first-order valence-electron chi connectivity index (χ1n) is 7.49. The van der Waals surface area contributed by atoms with Crippen LogP contribution in [0.25, 0.3) is 0 Å². The summed E-state index contributed by atoms with van der Waals surface area (Å²) in [6, 6.07) is 2.85. The Morgan fingerprint density at radius 1 is 1.33 bits per heavy atom. The molecule has 24 heavy (non-hydrogen) atoms. The smallest absolute Gasteiger partial charge is 0.276 e. The molecular weight excluding hydrogens is 330 g/mol. The Bertz CT molecular complexity index is 917. The van der Waals surface area contributed by atoms with Crippen molar-refractivity contribution in [1.82, 2.24) is 15.5 Å². The van der Waals surface area contributed by atoms with Crippen molar-refractivity contribution in [3.63, 3.8) is 0 Å². The number of anilines is 1. The van der Waals surface area contributed by atoms with E-state index in [9.17, 15) is 13.2 Å². The second-order valence-electron chi connectivity index (χ2n) is 5.87. The van der Waals surface area contributed by atoms with E-state index >= 15 is 0 Å². The van der Waals surface area contributed by atoms with Crippen LogP contribution in [-0.2, 0) is 23.0 Å². The fourth-order valence-corrected chi connectivity index (χ4v) is 3.34. The van der Waals surface area contributed by atoms with Crippen molar-refractivity contribution < 1.29 is 13.2 Å².